The van der Waals surface area contributed by atoms with E-state index in [1.54, 1.807) is 18.8 Å². The summed E-state index contributed by atoms with van der Waals surface area (Å²) < 4.78 is 10.5. The molecule has 2 aromatic rings. The smallest absolute Gasteiger partial charge is 0.110 e. The van der Waals surface area contributed by atoms with Crippen LogP contribution in [-0.4, -0.2) is 6.54 Å². The number of hydrogen-bond donors (Lipinski definition) is 1. The van der Waals surface area contributed by atoms with Crippen molar-refractivity contribution in [1.82, 2.24) is 5.32 Å². The minimum Gasteiger partial charge on any atom is -0.472 e. The first-order valence-corrected chi connectivity index (χ1v) is 4.77. The van der Waals surface area contributed by atoms with E-state index in [4.69, 9.17) is 8.83 Å². The molecule has 0 radical (unpaired) electrons. The van der Waals surface area contributed by atoms with Crippen molar-refractivity contribution in [1.29, 1.82) is 0 Å². The van der Waals surface area contributed by atoms with Crippen LogP contribution in [0.15, 0.2) is 39.8 Å². The molecule has 0 saturated heterocycles. The quantitative estimate of drug-likeness (QED) is 0.746. The average molecular weight is 189 g/mol. The first-order valence-electron chi connectivity index (χ1n) is 4.77. The Morgan fingerprint density at radius 1 is 1.29 bits per heavy atom. The highest BCUT2D eigenvalue weighted by molar-refractivity contribution is 5.33. The number of furan rings is 2. The van der Waals surface area contributed by atoms with E-state index in [1.807, 2.05) is 12.1 Å². The maximum atomic E-state index is 5.41. The molecule has 72 valence electrons. The lowest BCUT2D eigenvalue weighted by Crippen LogP contribution is -2.29. The number of fused-ring (bicyclic) bond motifs is 1. The zero-order valence-corrected chi connectivity index (χ0v) is 7.69. The Morgan fingerprint density at radius 3 is 3.14 bits per heavy atom. The van der Waals surface area contributed by atoms with Crippen LogP contribution in [0, 0.1) is 0 Å². The third-order valence-electron chi connectivity index (χ3n) is 2.67. The molecule has 0 aromatic carbocycles. The molecule has 0 amide bonds. The topological polar surface area (TPSA) is 38.3 Å². The van der Waals surface area contributed by atoms with Crippen molar-refractivity contribution in [2.45, 2.75) is 12.5 Å². The van der Waals surface area contributed by atoms with Crippen molar-refractivity contribution < 1.29 is 8.83 Å². The van der Waals surface area contributed by atoms with Gasteiger partial charge in [-0.05, 0) is 12.1 Å². The SMILES string of the molecule is c1cc(C2NCCc3occc32)co1. The largest absolute Gasteiger partial charge is 0.472 e. The second kappa shape index (κ2) is 3.03. The van der Waals surface area contributed by atoms with Crippen LogP contribution in [0.1, 0.15) is 22.9 Å². The van der Waals surface area contributed by atoms with Gasteiger partial charge in [0.1, 0.15) is 5.76 Å². The molecule has 1 atom stereocenters. The second-order valence-electron chi connectivity index (χ2n) is 3.49. The normalized spacial score (nSPS) is 20.7. The predicted molar refractivity (Wildman–Crippen MR) is 51.0 cm³/mol. The zero-order valence-electron chi connectivity index (χ0n) is 7.69. The first-order chi connectivity index (χ1) is 6.95. The fourth-order valence-electron chi connectivity index (χ4n) is 1.99. The van der Waals surface area contributed by atoms with E-state index in [0.717, 1.165) is 24.3 Å². The molecule has 0 saturated carbocycles. The Balaban J connectivity index is 2.04. The number of hydrogen-bond acceptors (Lipinski definition) is 3. The summed E-state index contributed by atoms with van der Waals surface area (Å²) in [4.78, 5) is 0. The van der Waals surface area contributed by atoms with Crippen molar-refractivity contribution >= 4 is 0 Å². The minimum atomic E-state index is 0.233. The van der Waals surface area contributed by atoms with Gasteiger partial charge in [-0.25, -0.2) is 0 Å². The molecule has 3 rings (SSSR count). The van der Waals surface area contributed by atoms with E-state index in [9.17, 15) is 0 Å². The lowest BCUT2D eigenvalue weighted by Gasteiger charge is -2.21. The van der Waals surface area contributed by atoms with Crippen molar-refractivity contribution in [3.05, 3.63) is 47.8 Å². The Morgan fingerprint density at radius 2 is 2.29 bits per heavy atom. The molecular formula is C11H11NO2. The Kier molecular flexibility index (Phi) is 1.70. The maximum absolute atomic E-state index is 5.41. The molecule has 3 nitrogen and oxygen atoms in total. The van der Waals surface area contributed by atoms with Crippen LogP contribution in [0.5, 0.6) is 0 Å². The van der Waals surface area contributed by atoms with E-state index in [1.165, 1.54) is 5.56 Å². The number of rotatable bonds is 1. The summed E-state index contributed by atoms with van der Waals surface area (Å²) in [6.07, 6.45) is 6.20. The highest BCUT2D eigenvalue weighted by atomic mass is 16.3. The number of nitrogens with one attached hydrogen (secondary N) is 1. The summed E-state index contributed by atoms with van der Waals surface area (Å²) >= 11 is 0. The standard InChI is InChI=1S/C11H11NO2/c1-4-12-11(8-2-5-13-7-8)9-3-6-14-10(1)9/h2-3,5-7,11-12H,1,4H2. The van der Waals surface area contributed by atoms with Crippen LogP contribution in [0.2, 0.25) is 0 Å². The highest BCUT2D eigenvalue weighted by Gasteiger charge is 2.23. The molecule has 1 N–H and O–H groups in total. The molecule has 0 spiro atoms. The van der Waals surface area contributed by atoms with E-state index < -0.39 is 0 Å². The van der Waals surface area contributed by atoms with E-state index >= 15 is 0 Å². The van der Waals surface area contributed by atoms with Crippen LogP contribution in [-0.2, 0) is 6.42 Å². The summed E-state index contributed by atoms with van der Waals surface area (Å²) in [6.45, 7) is 0.955. The first kappa shape index (κ1) is 7.88. The lowest BCUT2D eigenvalue weighted by molar-refractivity contribution is 0.454. The molecule has 0 aliphatic carbocycles. The van der Waals surface area contributed by atoms with Gasteiger partial charge >= 0.3 is 0 Å². The maximum Gasteiger partial charge on any atom is 0.110 e. The fraction of sp³-hybridized carbons (Fsp3) is 0.273. The third kappa shape index (κ3) is 1.09. The molecule has 1 aliphatic rings. The van der Waals surface area contributed by atoms with Gasteiger partial charge in [-0.15, -0.1) is 0 Å². The molecule has 3 heterocycles. The summed E-state index contributed by atoms with van der Waals surface area (Å²) in [5.74, 6) is 1.09. The molecule has 0 bridgehead atoms. The van der Waals surface area contributed by atoms with Crippen LogP contribution in [0.3, 0.4) is 0 Å². The Bertz CT molecular complexity index is 416. The van der Waals surface area contributed by atoms with E-state index in [2.05, 4.69) is 5.32 Å². The van der Waals surface area contributed by atoms with Gasteiger partial charge in [0.25, 0.3) is 0 Å². The Hall–Kier alpha value is -1.48. The summed E-state index contributed by atoms with van der Waals surface area (Å²) in [6, 6.07) is 4.25. The third-order valence-corrected chi connectivity index (χ3v) is 2.67. The monoisotopic (exact) mass is 189 g/mol. The van der Waals surface area contributed by atoms with E-state index in [0.29, 0.717) is 0 Å². The van der Waals surface area contributed by atoms with Gasteiger partial charge in [-0.3, -0.25) is 0 Å². The van der Waals surface area contributed by atoms with Crippen molar-refractivity contribution in [2.24, 2.45) is 0 Å². The van der Waals surface area contributed by atoms with Crippen molar-refractivity contribution in [2.75, 3.05) is 6.54 Å². The van der Waals surface area contributed by atoms with Gasteiger partial charge in [0.05, 0.1) is 24.8 Å². The molecule has 1 unspecified atom stereocenters. The van der Waals surface area contributed by atoms with Crippen LogP contribution < -0.4 is 5.32 Å². The van der Waals surface area contributed by atoms with Crippen molar-refractivity contribution in [3.8, 4) is 0 Å². The predicted octanol–water partition coefficient (Wildman–Crippen LogP) is 2.11. The van der Waals surface area contributed by atoms with E-state index in [-0.39, 0.29) is 6.04 Å². The molecule has 3 heteroatoms. The molecule has 0 fully saturated rings. The summed E-state index contributed by atoms with van der Waals surface area (Å²) in [5, 5.41) is 3.44. The van der Waals surface area contributed by atoms with Crippen molar-refractivity contribution in [3.63, 3.8) is 0 Å². The zero-order chi connectivity index (χ0) is 9.38. The molecular weight excluding hydrogens is 178 g/mol. The average Bonchev–Trinajstić information content (AvgIpc) is 2.88. The van der Waals surface area contributed by atoms with Crippen LogP contribution in [0.4, 0.5) is 0 Å². The van der Waals surface area contributed by atoms with Gasteiger partial charge in [0.15, 0.2) is 0 Å². The molecule has 1 aliphatic heterocycles. The molecule has 2 aromatic heterocycles. The van der Waals surface area contributed by atoms with Gasteiger partial charge in [-0.1, -0.05) is 0 Å². The van der Waals surface area contributed by atoms with Gasteiger partial charge in [0.2, 0.25) is 0 Å². The molecule has 14 heavy (non-hydrogen) atoms. The highest BCUT2D eigenvalue weighted by Crippen LogP contribution is 2.29. The van der Waals surface area contributed by atoms with Crippen LogP contribution in [0.25, 0.3) is 0 Å². The Labute approximate surface area is 81.7 Å². The minimum absolute atomic E-state index is 0.233. The fourth-order valence-corrected chi connectivity index (χ4v) is 1.99. The summed E-state index contributed by atoms with van der Waals surface area (Å²) in [7, 11) is 0. The van der Waals surface area contributed by atoms with Crippen LogP contribution >= 0.6 is 0 Å². The van der Waals surface area contributed by atoms with Gasteiger partial charge in [0, 0.05) is 24.1 Å². The summed E-state index contributed by atoms with van der Waals surface area (Å²) in [5.41, 5.74) is 2.39. The lowest BCUT2D eigenvalue weighted by atomic mass is 9.97. The van der Waals surface area contributed by atoms with Gasteiger partial charge in [-0.2, -0.15) is 0 Å². The second-order valence-corrected chi connectivity index (χ2v) is 3.49. The van der Waals surface area contributed by atoms with Gasteiger partial charge < -0.3 is 14.2 Å².